The molecule has 2 atom stereocenters. The lowest BCUT2D eigenvalue weighted by Gasteiger charge is -2.38. The van der Waals surface area contributed by atoms with Crippen molar-refractivity contribution < 1.29 is 9.53 Å². The van der Waals surface area contributed by atoms with Crippen LogP contribution in [-0.2, 0) is 9.53 Å². The molecule has 17 heavy (non-hydrogen) atoms. The minimum atomic E-state index is -0.491. The molecule has 2 aliphatic rings. The number of aryl methyl sites for hydroxylation is 1. The Hall–Kier alpha value is -1.14. The van der Waals surface area contributed by atoms with Gasteiger partial charge in [-0.05, 0) is 24.5 Å². The predicted octanol–water partition coefficient (Wildman–Crippen LogP) is 0.893. The maximum absolute atomic E-state index is 11.3. The Kier molecular flexibility index (Phi) is 2.38. The van der Waals surface area contributed by atoms with E-state index in [0.717, 1.165) is 23.7 Å². The van der Waals surface area contributed by atoms with Crippen molar-refractivity contribution in [1.29, 1.82) is 0 Å². The molecule has 0 saturated carbocycles. The van der Waals surface area contributed by atoms with Gasteiger partial charge in [0.05, 0.1) is 12.2 Å². The first-order valence-corrected chi connectivity index (χ1v) is 6.50. The Balaban J connectivity index is 1.92. The van der Waals surface area contributed by atoms with Crippen LogP contribution >= 0.6 is 11.5 Å². The second-order valence-electron chi connectivity index (χ2n) is 4.74. The Morgan fingerprint density at radius 2 is 2.59 bits per heavy atom. The molecule has 1 aromatic heterocycles. The number of nitrogens with zero attached hydrogens (tertiary/aromatic N) is 2. The van der Waals surface area contributed by atoms with Gasteiger partial charge in [-0.3, -0.25) is 4.79 Å². The fourth-order valence-corrected chi connectivity index (χ4v) is 3.58. The molecule has 5 nitrogen and oxygen atoms in total. The van der Waals surface area contributed by atoms with Gasteiger partial charge in [-0.15, -0.1) is 0 Å². The SMILES string of the molecule is CC(=O)O[C@@]12CN[C@H](CN1c1cc(C)ns1)C2. The molecule has 0 aromatic carbocycles. The maximum atomic E-state index is 11.3. The fraction of sp³-hybridized carbons (Fsp3) is 0.636. The van der Waals surface area contributed by atoms with Crippen LogP contribution in [0.4, 0.5) is 5.00 Å². The van der Waals surface area contributed by atoms with E-state index in [2.05, 4.69) is 20.7 Å². The zero-order chi connectivity index (χ0) is 12.0. The minimum absolute atomic E-state index is 0.222. The summed E-state index contributed by atoms with van der Waals surface area (Å²) in [5.41, 5.74) is 0.522. The van der Waals surface area contributed by atoms with E-state index in [1.54, 1.807) is 0 Å². The molecule has 0 aliphatic carbocycles. The zero-order valence-corrected chi connectivity index (χ0v) is 10.7. The second-order valence-corrected chi connectivity index (χ2v) is 5.52. The second kappa shape index (κ2) is 3.68. The molecule has 2 aliphatic heterocycles. The molecule has 0 unspecified atom stereocenters. The number of carbonyl (C=O) groups excluding carboxylic acids is 1. The first-order valence-electron chi connectivity index (χ1n) is 5.73. The molecule has 92 valence electrons. The average Bonchev–Trinajstić information content (AvgIpc) is 2.89. The monoisotopic (exact) mass is 253 g/mol. The Labute approximate surface area is 104 Å². The van der Waals surface area contributed by atoms with E-state index >= 15 is 0 Å². The van der Waals surface area contributed by atoms with Gasteiger partial charge in [0.25, 0.3) is 0 Å². The summed E-state index contributed by atoms with van der Waals surface area (Å²) < 4.78 is 9.86. The first-order chi connectivity index (χ1) is 8.09. The van der Waals surface area contributed by atoms with Crippen LogP contribution in [0.5, 0.6) is 0 Å². The molecular weight excluding hydrogens is 238 g/mol. The summed E-state index contributed by atoms with van der Waals surface area (Å²) in [4.78, 5) is 13.5. The van der Waals surface area contributed by atoms with Crippen molar-refractivity contribution in [3.8, 4) is 0 Å². The number of hydrogen-bond acceptors (Lipinski definition) is 6. The smallest absolute Gasteiger partial charge is 0.304 e. The van der Waals surface area contributed by atoms with E-state index in [1.807, 2.05) is 6.92 Å². The number of piperazine rings is 1. The molecule has 0 amide bonds. The van der Waals surface area contributed by atoms with Crippen molar-refractivity contribution in [3.63, 3.8) is 0 Å². The molecule has 1 N–H and O–H groups in total. The van der Waals surface area contributed by atoms with Gasteiger partial charge in [-0.25, -0.2) is 0 Å². The number of nitrogens with one attached hydrogen (secondary N) is 1. The summed E-state index contributed by atoms with van der Waals surface area (Å²) in [7, 11) is 0. The molecule has 2 saturated heterocycles. The van der Waals surface area contributed by atoms with Gasteiger partial charge >= 0.3 is 5.97 Å². The van der Waals surface area contributed by atoms with E-state index in [-0.39, 0.29) is 5.97 Å². The zero-order valence-electron chi connectivity index (χ0n) is 9.90. The number of carbonyl (C=O) groups is 1. The maximum Gasteiger partial charge on any atom is 0.304 e. The van der Waals surface area contributed by atoms with Crippen LogP contribution in [0.15, 0.2) is 6.07 Å². The number of hydrogen-bond donors (Lipinski definition) is 1. The summed E-state index contributed by atoms with van der Waals surface area (Å²) >= 11 is 1.47. The topological polar surface area (TPSA) is 54.5 Å². The van der Waals surface area contributed by atoms with Gasteiger partial charge in [0.2, 0.25) is 5.72 Å². The predicted molar refractivity (Wildman–Crippen MR) is 65.1 cm³/mol. The molecule has 0 radical (unpaired) electrons. The van der Waals surface area contributed by atoms with Crippen molar-refractivity contribution in [2.24, 2.45) is 0 Å². The van der Waals surface area contributed by atoms with Gasteiger partial charge in [-0.1, -0.05) is 0 Å². The third-order valence-electron chi connectivity index (χ3n) is 3.34. The van der Waals surface area contributed by atoms with E-state index < -0.39 is 5.72 Å². The molecule has 6 heteroatoms. The van der Waals surface area contributed by atoms with E-state index in [4.69, 9.17) is 4.74 Å². The third kappa shape index (κ3) is 1.71. The lowest BCUT2D eigenvalue weighted by Crippen LogP contribution is -2.55. The Bertz CT molecular complexity index is 461. The largest absolute Gasteiger partial charge is 0.438 e. The third-order valence-corrected chi connectivity index (χ3v) is 4.25. The quantitative estimate of drug-likeness (QED) is 0.793. The van der Waals surface area contributed by atoms with Crippen LogP contribution in [-0.4, -0.2) is 35.2 Å². The average molecular weight is 253 g/mol. The van der Waals surface area contributed by atoms with Crippen molar-refractivity contribution >= 4 is 22.5 Å². The molecule has 2 fully saturated rings. The Morgan fingerprint density at radius 3 is 3.18 bits per heavy atom. The number of ether oxygens (including phenoxy) is 1. The highest BCUT2D eigenvalue weighted by molar-refractivity contribution is 7.10. The van der Waals surface area contributed by atoms with Crippen LogP contribution in [0.25, 0.3) is 0 Å². The van der Waals surface area contributed by atoms with Gasteiger partial charge in [-0.2, -0.15) is 4.37 Å². The molecule has 1 aromatic rings. The lowest BCUT2D eigenvalue weighted by atomic mass is 10.2. The summed E-state index contributed by atoms with van der Waals surface area (Å²) in [6.45, 7) is 5.03. The number of anilines is 1. The highest BCUT2D eigenvalue weighted by Crippen LogP contribution is 2.40. The van der Waals surface area contributed by atoms with Crippen LogP contribution in [0.1, 0.15) is 19.0 Å². The molecular formula is C11H15N3O2S. The van der Waals surface area contributed by atoms with E-state index in [1.165, 1.54) is 18.5 Å². The van der Waals surface area contributed by atoms with Gasteiger partial charge in [0.1, 0.15) is 5.00 Å². The summed E-state index contributed by atoms with van der Waals surface area (Å²) in [6.07, 6.45) is 0.865. The van der Waals surface area contributed by atoms with Gasteiger partial charge in [0, 0.05) is 25.9 Å². The van der Waals surface area contributed by atoms with Crippen LogP contribution in [0.3, 0.4) is 0 Å². The molecule has 3 heterocycles. The molecule has 0 spiro atoms. The molecule has 2 bridgehead atoms. The van der Waals surface area contributed by atoms with Crippen molar-refractivity contribution in [3.05, 3.63) is 11.8 Å². The van der Waals surface area contributed by atoms with Crippen molar-refractivity contribution in [1.82, 2.24) is 9.69 Å². The number of esters is 1. The number of rotatable bonds is 2. The van der Waals surface area contributed by atoms with Crippen molar-refractivity contribution in [2.75, 3.05) is 18.0 Å². The summed E-state index contributed by atoms with van der Waals surface area (Å²) in [6, 6.07) is 2.47. The van der Waals surface area contributed by atoms with Crippen LogP contribution in [0.2, 0.25) is 0 Å². The number of fused-ring (bicyclic) bond motifs is 2. The summed E-state index contributed by atoms with van der Waals surface area (Å²) in [5, 5.41) is 4.46. The number of aromatic nitrogens is 1. The minimum Gasteiger partial charge on any atom is -0.438 e. The van der Waals surface area contributed by atoms with Crippen molar-refractivity contribution in [2.45, 2.75) is 32.0 Å². The fourth-order valence-electron chi connectivity index (χ4n) is 2.72. The molecule has 3 rings (SSSR count). The Morgan fingerprint density at radius 1 is 1.76 bits per heavy atom. The van der Waals surface area contributed by atoms with E-state index in [9.17, 15) is 4.79 Å². The lowest BCUT2D eigenvalue weighted by molar-refractivity contribution is -0.154. The van der Waals surface area contributed by atoms with Gasteiger partial charge in [0.15, 0.2) is 0 Å². The van der Waals surface area contributed by atoms with E-state index in [0.29, 0.717) is 12.6 Å². The standard InChI is InChI=1S/C11H15N3O2S/c1-7-3-10(17-13-7)14-5-9-4-11(14,6-12-9)16-8(2)15/h3,9,12H,4-6H2,1-2H3/t9-,11-/m0/s1. The van der Waals surface area contributed by atoms with Crippen LogP contribution in [0, 0.1) is 6.92 Å². The van der Waals surface area contributed by atoms with Crippen LogP contribution < -0.4 is 10.2 Å². The first kappa shape index (κ1) is 11.0. The summed E-state index contributed by atoms with van der Waals surface area (Å²) in [5.74, 6) is -0.222. The highest BCUT2D eigenvalue weighted by atomic mass is 32.1. The normalized spacial score (nSPS) is 30.9. The van der Waals surface area contributed by atoms with Gasteiger partial charge < -0.3 is 15.0 Å². The highest BCUT2D eigenvalue weighted by Gasteiger charge is 2.54.